The minimum atomic E-state index is -0.0530. The van der Waals surface area contributed by atoms with Gasteiger partial charge in [0.05, 0.1) is 16.6 Å². The van der Waals surface area contributed by atoms with Crippen molar-refractivity contribution in [1.82, 2.24) is 0 Å². The summed E-state index contributed by atoms with van der Waals surface area (Å²) in [4.78, 5) is 0. The van der Waals surface area contributed by atoms with Crippen LogP contribution in [0, 0.1) is 0 Å². The van der Waals surface area contributed by atoms with E-state index in [2.05, 4.69) is 35.6 Å². The second kappa shape index (κ2) is 6.08. The van der Waals surface area contributed by atoms with E-state index in [0.717, 1.165) is 10.8 Å². The van der Waals surface area contributed by atoms with Gasteiger partial charge in [-0.3, -0.25) is 0 Å². The summed E-state index contributed by atoms with van der Waals surface area (Å²) in [7, 11) is 0. The Morgan fingerprint density at radius 1 is 1.57 bits per heavy atom. The first-order valence-corrected chi connectivity index (χ1v) is 6.68. The quantitative estimate of drug-likeness (QED) is 0.336. The molecule has 0 aromatic carbocycles. The van der Waals surface area contributed by atoms with Crippen LogP contribution < -0.4 is 0 Å². The van der Waals surface area contributed by atoms with E-state index in [1.807, 2.05) is 13.8 Å². The fourth-order valence-corrected chi connectivity index (χ4v) is 1.98. The maximum absolute atomic E-state index is 5.84. The molecule has 0 aromatic rings. The van der Waals surface area contributed by atoms with Crippen molar-refractivity contribution in [2.75, 3.05) is 4.43 Å². The zero-order valence-electron chi connectivity index (χ0n) is 9.13. The van der Waals surface area contributed by atoms with Crippen molar-refractivity contribution in [3.63, 3.8) is 0 Å². The Morgan fingerprint density at radius 3 is 2.71 bits per heavy atom. The molecule has 0 heterocycles. The predicted octanol–water partition coefficient (Wildman–Crippen LogP) is 3.30. The van der Waals surface area contributed by atoms with Gasteiger partial charge < -0.3 is 9.47 Å². The van der Waals surface area contributed by atoms with Crippen molar-refractivity contribution in [2.45, 2.75) is 52.1 Å². The van der Waals surface area contributed by atoms with Crippen LogP contribution >= 0.6 is 22.6 Å². The van der Waals surface area contributed by atoms with Gasteiger partial charge in [0.2, 0.25) is 0 Å². The second-order valence-electron chi connectivity index (χ2n) is 3.99. The molecule has 2 atom stereocenters. The molecule has 14 heavy (non-hydrogen) atoms. The highest BCUT2D eigenvalue weighted by Crippen LogP contribution is 2.22. The van der Waals surface area contributed by atoms with Gasteiger partial charge in [0.15, 0.2) is 6.29 Å². The van der Waals surface area contributed by atoms with Crippen molar-refractivity contribution in [1.29, 1.82) is 0 Å². The highest BCUT2D eigenvalue weighted by molar-refractivity contribution is 14.1. The second-order valence-corrected chi connectivity index (χ2v) is 4.88. The van der Waals surface area contributed by atoms with Gasteiger partial charge in [-0.2, -0.15) is 0 Å². The Balaban J connectivity index is 2.33. The van der Waals surface area contributed by atoms with Gasteiger partial charge >= 0.3 is 0 Å². The van der Waals surface area contributed by atoms with Gasteiger partial charge in [-0.25, -0.2) is 0 Å². The van der Waals surface area contributed by atoms with Gasteiger partial charge in [0.25, 0.3) is 0 Å². The number of allylic oxidation sites excluding steroid dienone is 1. The molecule has 0 spiro atoms. The van der Waals surface area contributed by atoms with Crippen molar-refractivity contribution in [2.24, 2.45) is 0 Å². The van der Waals surface area contributed by atoms with Crippen LogP contribution in [0.5, 0.6) is 0 Å². The van der Waals surface area contributed by atoms with Crippen LogP contribution in [0.15, 0.2) is 11.6 Å². The van der Waals surface area contributed by atoms with Gasteiger partial charge in [-0.05, 0) is 33.6 Å². The molecule has 0 bridgehead atoms. The third-order valence-electron chi connectivity index (χ3n) is 2.17. The average molecular weight is 310 g/mol. The molecular formula is C11H19IO2. The molecule has 2 unspecified atom stereocenters. The molecule has 0 aromatic heterocycles. The summed E-state index contributed by atoms with van der Waals surface area (Å²) >= 11 is 2.30. The van der Waals surface area contributed by atoms with Crippen LogP contribution in [0.3, 0.4) is 0 Å². The van der Waals surface area contributed by atoms with Crippen molar-refractivity contribution < 1.29 is 9.47 Å². The third-order valence-corrected chi connectivity index (χ3v) is 2.89. The highest BCUT2D eigenvalue weighted by atomic mass is 127. The number of hydrogen-bond acceptors (Lipinski definition) is 2. The van der Waals surface area contributed by atoms with E-state index >= 15 is 0 Å². The van der Waals surface area contributed by atoms with Gasteiger partial charge in [0, 0.05) is 0 Å². The number of hydrogen-bond donors (Lipinski definition) is 0. The summed E-state index contributed by atoms with van der Waals surface area (Å²) < 4.78 is 12.4. The first kappa shape index (κ1) is 12.5. The fraction of sp³-hybridized carbons (Fsp3) is 0.818. The molecule has 2 nitrogen and oxygen atoms in total. The maximum Gasteiger partial charge on any atom is 0.167 e. The molecule has 0 radical (unpaired) electrons. The van der Waals surface area contributed by atoms with Crippen molar-refractivity contribution in [3.05, 3.63) is 11.6 Å². The van der Waals surface area contributed by atoms with Crippen LogP contribution in [-0.2, 0) is 9.47 Å². The number of halogens is 1. The molecule has 0 N–H and O–H groups in total. The molecule has 1 aliphatic rings. The SMILES string of the molecule is CC1=CC(OC(CI)OC(C)C)CC1. The Morgan fingerprint density at radius 2 is 2.29 bits per heavy atom. The number of alkyl halides is 1. The Hall–Kier alpha value is 0.390. The van der Waals surface area contributed by atoms with E-state index in [1.54, 1.807) is 0 Å². The average Bonchev–Trinajstić information content (AvgIpc) is 2.49. The molecule has 1 aliphatic carbocycles. The minimum absolute atomic E-state index is 0.0530. The lowest BCUT2D eigenvalue weighted by atomic mass is 10.3. The molecule has 82 valence electrons. The smallest absolute Gasteiger partial charge is 0.167 e. The lowest BCUT2D eigenvalue weighted by Gasteiger charge is -2.21. The number of rotatable bonds is 5. The fourth-order valence-electron chi connectivity index (χ4n) is 1.56. The third kappa shape index (κ3) is 4.28. The molecule has 1 rings (SSSR count). The highest BCUT2D eigenvalue weighted by Gasteiger charge is 2.19. The van der Waals surface area contributed by atoms with E-state index in [-0.39, 0.29) is 18.5 Å². The van der Waals surface area contributed by atoms with Gasteiger partial charge in [-0.1, -0.05) is 34.2 Å². The zero-order chi connectivity index (χ0) is 10.6. The maximum atomic E-state index is 5.84. The normalized spacial score (nSPS) is 24.1. The molecule has 0 aliphatic heterocycles. The van der Waals surface area contributed by atoms with Crippen LogP contribution in [-0.4, -0.2) is 22.9 Å². The van der Waals surface area contributed by atoms with E-state index in [0.29, 0.717) is 0 Å². The van der Waals surface area contributed by atoms with E-state index in [1.165, 1.54) is 12.0 Å². The largest absolute Gasteiger partial charge is 0.349 e. The van der Waals surface area contributed by atoms with Crippen LogP contribution in [0.1, 0.15) is 33.6 Å². The lowest BCUT2D eigenvalue weighted by molar-refractivity contribution is -0.162. The molecule has 0 saturated heterocycles. The first-order valence-electron chi connectivity index (χ1n) is 5.16. The Bertz CT molecular complexity index is 201. The van der Waals surface area contributed by atoms with Crippen LogP contribution in [0.2, 0.25) is 0 Å². The van der Waals surface area contributed by atoms with Gasteiger partial charge in [-0.15, -0.1) is 0 Å². The summed E-state index contributed by atoms with van der Waals surface area (Å²) in [6.07, 6.45) is 4.95. The molecule has 0 amide bonds. The zero-order valence-corrected chi connectivity index (χ0v) is 11.3. The molecule has 0 fully saturated rings. The molecule has 0 saturated carbocycles. The van der Waals surface area contributed by atoms with E-state index < -0.39 is 0 Å². The molecular weight excluding hydrogens is 291 g/mol. The predicted molar refractivity (Wildman–Crippen MR) is 66.8 cm³/mol. The minimum Gasteiger partial charge on any atom is -0.349 e. The topological polar surface area (TPSA) is 18.5 Å². The first-order chi connectivity index (χ1) is 6.61. The Labute approximate surface area is 100 Å². The van der Waals surface area contributed by atoms with Crippen molar-refractivity contribution in [3.8, 4) is 0 Å². The number of ether oxygens (including phenoxy) is 2. The van der Waals surface area contributed by atoms with Crippen molar-refractivity contribution >= 4 is 22.6 Å². The molecule has 3 heteroatoms. The lowest BCUT2D eigenvalue weighted by Crippen LogP contribution is -2.26. The van der Waals surface area contributed by atoms with Crippen LogP contribution in [0.25, 0.3) is 0 Å². The Kier molecular flexibility index (Phi) is 5.41. The summed E-state index contributed by atoms with van der Waals surface area (Å²) in [5, 5.41) is 0. The van der Waals surface area contributed by atoms with E-state index in [4.69, 9.17) is 9.47 Å². The summed E-state index contributed by atoms with van der Waals surface area (Å²) in [5.74, 6) is 0. The summed E-state index contributed by atoms with van der Waals surface area (Å²) in [6, 6.07) is 0. The summed E-state index contributed by atoms with van der Waals surface area (Å²) in [6.45, 7) is 6.24. The van der Waals surface area contributed by atoms with Crippen LogP contribution in [0.4, 0.5) is 0 Å². The monoisotopic (exact) mass is 310 g/mol. The van der Waals surface area contributed by atoms with E-state index in [9.17, 15) is 0 Å². The van der Waals surface area contributed by atoms with Gasteiger partial charge in [0.1, 0.15) is 0 Å². The standard InChI is InChI=1S/C11H19IO2/c1-8(2)13-11(7-12)14-10-5-4-9(3)6-10/h6,8,10-11H,4-5,7H2,1-3H3. The summed E-state index contributed by atoms with van der Waals surface area (Å²) in [5.41, 5.74) is 1.44.